The molecule has 3 unspecified atom stereocenters. The smallest absolute Gasteiger partial charge is 0.0902 e. The number of nitrogens with zero attached hydrogens (tertiary/aromatic N) is 2. The van der Waals surface area contributed by atoms with E-state index >= 15 is 0 Å². The molecular formula is C22H31N2Y-. The van der Waals surface area contributed by atoms with E-state index in [1.165, 1.54) is 43.6 Å². The van der Waals surface area contributed by atoms with Gasteiger partial charge in [-0.2, -0.15) is 30.2 Å². The second-order valence-electron chi connectivity index (χ2n) is 8.20. The molecule has 2 nitrogen and oxygen atoms in total. The summed E-state index contributed by atoms with van der Waals surface area (Å²) in [6, 6.07) is 0. The first-order valence-corrected chi connectivity index (χ1v) is 9.22. The van der Waals surface area contributed by atoms with Gasteiger partial charge in [-0.3, -0.25) is 0 Å². The zero-order valence-electron chi connectivity index (χ0n) is 16.0. The molecule has 25 heavy (non-hydrogen) atoms. The minimum atomic E-state index is 0. The molecule has 3 rings (SSSR count). The van der Waals surface area contributed by atoms with Gasteiger partial charge in [0.15, 0.2) is 0 Å². The van der Waals surface area contributed by atoms with Gasteiger partial charge < -0.3 is 4.90 Å². The van der Waals surface area contributed by atoms with Gasteiger partial charge in [0.25, 0.3) is 0 Å². The molecule has 0 aromatic heterocycles. The zero-order valence-corrected chi connectivity index (χ0v) is 18.9. The van der Waals surface area contributed by atoms with Crippen LogP contribution in [0.1, 0.15) is 46.0 Å². The number of fused-ring (bicyclic) bond motifs is 1. The third-order valence-corrected chi connectivity index (χ3v) is 6.76. The molecule has 0 aromatic carbocycles. The van der Waals surface area contributed by atoms with Gasteiger partial charge in [0, 0.05) is 52.5 Å². The molecule has 3 atom stereocenters. The molecular weight excluding hydrogens is 381 g/mol. The third kappa shape index (κ3) is 4.06. The molecule has 0 amide bonds. The van der Waals surface area contributed by atoms with E-state index < -0.39 is 0 Å². The van der Waals surface area contributed by atoms with Crippen molar-refractivity contribution in [3.05, 3.63) is 54.7 Å². The van der Waals surface area contributed by atoms with Crippen molar-refractivity contribution in [1.82, 2.24) is 4.90 Å². The molecule has 3 aliphatic carbocycles. The second kappa shape index (κ2) is 8.40. The zero-order chi connectivity index (χ0) is 17.2. The van der Waals surface area contributed by atoms with E-state index in [1.807, 2.05) is 6.34 Å². The summed E-state index contributed by atoms with van der Waals surface area (Å²) in [6.45, 7) is 9.48. The summed E-state index contributed by atoms with van der Waals surface area (Å²) < 4.78 is 0. The van der Waals surface area contributed by atoms with Crippen LogP contribution in [-0.2, 0) is 32.7 Å². The van der Waals surface area contributed by atoms with Gasteiger partial charge in [-0.15, -0.1) is 11.6 Å². The number of rotatable bonds is 6. The van der Waals surface area contributed by atoms with Gasteiger partial charge in [-0.25, -0.2) is 4.99 Å². The summed E-state index contributed by atoms with van der Waals surface area (Å²) >= 11 is 0. The molecule has 2 saturated carbocycles. The fourth-order valence-corrected chi connectivity index (χ4v) is 5.15. The maximum absolute atomic E-state index is 4.21. The van der Waals surface area contributed by atoms with Crippen LogP contribution in [0, 0.1) is 22.7 Å². The maximum atomic E-state index is 4.21. The molecule has 0 bridgehead atoms. The standard InChI is InChI=1S/C22H31N2.Y/c1-5-23-17-24(4)16-22-14-13-21(22,3)12-11-20(22)15-19-8-6-7-18(2)9-10-19;/h5-10,17,20H,1,11-16H2,2-4H3;/q-1;. The van der Waals surface area contributed by atoms with Crippen molar-refractivity contribution in [2.75, 3.05) is 13.6 Å². The van der Waals surface area contributed by atoms with Gasteiger partial charge in [0.2, 0.25) is 0 Å². The van der Waals surface area contributed by atoms with Crippen molar-refractivity contribution < 1.29 is 32.7 Å². The number of aliphatic imine (C=N–C) groups is 1. The predicted molar refractivity (Wildman–Crippen MR) is 104 cm³/mol. The Morgan fingerprint density at radius 1 is 1.36 bits per heavy atom. The van der Waals surface area contributed by atoms with Crippen molar-refractivity contribution >= 4 is 6.34 Å². The average molecular weight is 412 g/mol. The fourth-order valence-electron chi connectivity index (χ4n) is 5.15. The molecule has 1 radical (unpaired) electrons. The van der Waals surface area contributed by atoms with Crippen LogP contribution in [0.25, 0.3) is 0 Å². The summed E-state index contributed by atoms with van der Waals surface area (Å²) in [4.78, 5) is 6.48. The van der Waals surface area contributed by atoms with E-state index in [4.69, 9.17) is 0 Å². The number of hydrogen-bond donors (Lipinski definition) is 0. The molecule has 0 aliphatic heterocycles. The largest absolute Gasteiger partial charge is 0.365 e. The van der Waals surface area contributed by atoms with E-state index in [1.54, 1.807) is 6.20 Å². The quantitative estimate of drug-likeness (QED) is 0.328. The first-order chi connectivity index (χ1) is 11.5. The van der Waals surface area contributed by atoms with Crippen LogP contribution >= 0.6 is 0 Å². The minimum absolute atomic E-state index is 0. The Balaban J connectivity index is 0.00000225. The summed E-state index contributed by atoms with van der Waals surface area (Å²) in [5.74, 6) is 2.11. The van der Waals surface area contributed by atoms with Crippen LogP contribution in [0.4, 0.5) is 0 Å². The van der Waals surface area contributed by atoms with E-state index in [9.17, 15) is 0 Å². The van der Waals surface area contributed by atoms with Crippen molar-refractivity contribution in [3.8, 4) is 0 Å². The van der Waals surface area contributed by atoms with Crippen LogP contribution in [0.2, 0.25) is 0 Å². The summed E-state index contributed by atoms with van der Waals surface area (Å²) in [6.07, 6.45) is 21.5. The van der Waals surface area contributed by atoms with Crippen LogP contribution in [0.5, 0.6) is 0 Å². The van der Waals surface area contributed by atoms with Crippen molar-refractivity contribution in [1.29, 1.82) is 0 Å². The Hall–Kier alpha value is -0.596. The van der Waals surface area contributed by atoms with Gasteiger partial charge >= 0.3 is 0 Å². The molecule has 0 spiro atoms. The number of hydrogen-bond acceptors (Lipinski definition) is 1. The summed E-state index contributed by atoms with van der Waals surface area (Å²) in [5, 5.41) is 0. The Morgan fingerprint density at radius 2 is 2.16 bits per heavy atom. The SMILES string of the molecule is C=CN=CN(C)CC12CCC1(C)CCC2CC1=CC=C[C-](C)C=C1.[Y]. The normalized spacial score (nSPS) is 33.3. The third-order valence-electron chi connectivity index (χ3n) is 6.76. The Kier molecular flexibility index (Phi) is 6.96. The number of allylic oxidation sites excluding steroid dienone is 6. The van der Waals surface area contributed by atoms with Crippen LogP contribution in [-0.4, -0.2) is 24.8 Å². The molecule has 0 saturated heterocycles. The molecule has 2 fully saturated rings. The van der Waals surface area contributed by atoms with E-state index in [2.05, 4.69) is 67.7 Å². The molecule has 0 aromatic rings. The molecule has 133 valence electrons. The minimum Gasteiger partial charge on any atom is -0.365 e. The second-order valence-corrected chi connectivity index (χ2v) is 8.20. The van der Waals surface area contributed by atoms with Crippen LogP contribution in [0.15, 0.2) is 53.7 Å². The monoisotopic (exact) mass is 412 g/mol. The average Bonchev–Trinajstić information content (AvgIpc) is 2.71. The molecule has 0 N–H and O–H groups in total. The first-order valence-electron chi connectivity index (χ1n) is 9.22. The van der Waals surface area contributed by atoms with Crippen LogP contribution < -0.4 is 0 Å². The van der Waals surface area contributed by atoms with Gasteiger partial charge in [-0.05, 0) is 48.9 Å². The van der Waals surface area contributed by atoms with Gasteiger partial charge in [0.05, 0.1) is 6.34 Å². The molecule has 3 heteroatoms. The van der Waals surface area contributed by atoms with E-state index in [0.717, 1.165) is 12.5 Å². The van der Waals surface area contributed by atoms with Crippen molar-refractivity contribution in [3.63, 3.8) is 0 Å². The Labute approximate surface area is 179 Å². The van der Waals surface area contributed by atoms with Crippen LogP contribution in [0.3, 0.4) is 0 Å². The molecule has 0 heterocycles. The fraction of sp³-hybridized carbons (Fsp3) is 0.545. The van der Waals surface area contributed by atoms with Gasteiger partial charge in [0.1, 0.15) is 0 Å². The topological polar surface area (TPSA) is 15.6 Å². The predicted octanol–water partition coefficient (Wildman–Crippen LogP) is 5.32. The summed E-state index contributed by atoms with van der Waals surface area (Å²) in [7, 11) is 2.15. The first kappa shape index (κ1) is 20.7. The Bertz CT molecular complexity index is 603. The van der Waals surface area contributed by atoms with E-state index in [-0.39, 0.29) is 32.7 Å². The van der Waals surface area contributed by atoms with Gasteiger partial charge in [-0.1, -0.05) is 20.4 Å². The van der Waals surface area contributed by atoms with Crippen molar-refractivity contribution in [2.45, 2.75) is 46.0 Å². The molecule has 3 aliphatic rings. The maximum Gasteiger partial charge on any atom is 0.0902 e. The van der Waals surface area contributed by atoms with E-state index in [0.29, 0.717) is 10.8 Å². The summed E-state index contributed by atoms with van der Waals surface area (Å²) in [5.41, 5.74) is 2.44. The van der Waals surface area contributed by atoms with Crippen molar-refractivity contribution in [2.24, 2.45) is 21.7 Å². The Morgan fingerprint density at radius 3 is 2.84 bits per heavy atom.